The molecule has 4 nitrogen and oxygen atoms in total. The molecule has 0 bridgehead atoms. The summed E-state index contributed by atoms with van der Waals surface area (Å²) in [4.78, 5) is 16.0. The maximum Gasteiger partial charge on any atom is 0.321 e. The Balaban J connectivity index is 0.000000183. The smallest absolute Gasteiger partial charge is 0.321 e. The second-order valence-corrected chi connectivity index (χ2v) is 2.37. The average Bonchev–Trinajstić information content (AvgIpc) is 2.41. The summed E-state index contributed by atoms with van der Waals surface area (Å²) in [7, 11) is 0. The van der Waals surface area contributed by atoms with Gasteiger partial charge in [-0.15, -0.1) is 11.6 Å². The lowest BCUT2D eigenvalue weighted by atomic mass is 10.5. The zero-order valence-electron chi connectivity index (χ0n) is 5.99. The van der Waals surface area contributed by atoms with Gasteiger partial charge in [0.15, 0.2) is 0 Å². The number of nitrogens with zero attached hydrogens (tertiary/aromatic N) is 1. The molecule has 5 heteroatoms. The van der Waals surface area contributed by atoms with Crippen molar-refractivity contribution >= 4 is 17.6 Å². The topological polar surface area (TPSA) is 66.0 Å². The number of carboxylic acid groups (broad SMARTS) is 1. The Morgan fingerprint density at radius 1 is 1.82 bits per heavy atom. The lowest BCUT2D eigenvalue weighted by molar-refractivity contribution is -0.136. The molecule has 0 aliphatic rings. The third-order valence-electron chi connectivity index (χ3n) is 0.746. The van der Waals surface area contributed by atoms with Crippen molar-refractivity contribution in [1.82, 2.24) is 9.97 Å². The Hall–Kier alpha value is -1.03. The third-order valence-corrected chi connectivity index (χ3v) is 0.933. The normalized spacial score (nSPS) is 11.1. The van der Waals surface area contributed by atoms with Gasteiger partial charge in [0.05, 0.1) is 6.33 Å². The molecule has 0 fully saturated rings. The number of imidazole rings is 1. The highest BCUT2D eigenvalue weighted by Crippen LogP contribution is 1.89. The van der Waals surface area contributed by atoms with Crippen LogP contribution in [0.2, 0.25) is 0 Å². The summed E-state index contributed by atoms with van der Waals surface area (Å²) in [6, 6.07) is 0. The molecule has 0 amide bonds. The zero-order chi connectivity index (χ0) is 8.69. The summed E-state index contributed by atoms with van der Waals surface area (Å²) >= 11 is 5.01. The predicted octanol–water partition coefficient (Wildman–Crippen LogP) is 1.11. The van der Waals surface area contributed by atoms with Crippen LogP contribution >= 0.6 is 11.6 Å². The molecule has 0 aliphatic heterocycles. The van der Waals surface area contributed by atoms with Crippen LogP contribution in [0.3, 0.4) is 0 Å². The van der Waals surface area contributed by atoms with E-state index in [0.717, 1.165) is 0 Å². The number of aliphatic carboxylic acids is 1. The van der Waals surface area contributed by atoms with Crippen molar-refractivity contribution in [2.75, 3.05) is 0 Å². The molecule has 1 rings (SSSR count). The van der Waals surface area contributed by atoms with Gasteiger partial charge >= 0.3 is 5.97 Å². The lowest BCUT2D eigenvalue weighted by Crippen LogP contribution is -2.06. The first-order valence-electron chi connectivity index (χ1n) is 2.94. The summed E-state index contributed by atoms with van der Waals surface area (Å²) in [5, 5.41) is 7.10. The first kappa shape index (κ1) is 9.97. The largest absolute Gasteiger partial charge is 0.480 e. The SMILES string of the molecule is CC(Cl)C(=O)O.c1c[nH]cn1. The molecule has 0 radical (unpaired) electrons. The molecule has 2 N–H and O–H groups in total. The molecule has 1 atom stereocenters. The van der Waals surface area contributed by atoms with Crippen LogP contribution in [0.25, 0.3) is 0 Å². The number of carbonyl (C=O) groups is 1. The van der Waals surface area contributed by atoms with Gasteiger partial charge in [-0.25, -0.2) is 4.98 Å². The minimum absolute atomic E-state index is 0.759. The van der Waals surface area contributed by atoms with Crippen molar-refractivity contribution in [2.45, 2.75) is 12.3 Å². The van der Waals surface area contributed by atoms with Gasteiger partial charge < -0.3 is 10.1 Å². The molecular weight excluding hydrogens is 168 g/mol. The molecule has 0 saturated heterocycles. The van der Waals surface area contributed by atoms with Gasteiger partial charge in [-0.1, -0.05) is 0 Å². The highest BCUT2D eigenvalue weighted by atomic mass is 35.5. The van der Waals surface area contributed by atoms with Gasteiger partial charge in [-0.2, -0.15) is 0 Å². The van der Waals surface area contributed by atoms with Crippen LogP contribution in [-0.2, 0) is 4.79 Å². The molecule has 1 aromatic heterocycles. The minimum Gasteiger partial charge on any atom is -0.480 e. The second kappa shape index (κ2) is 5.73. The highest BCUT2D eigenvalue weighted by Gasteiger charge is 2.02. The predicted molar refractivity (Wildman–Crippen MR) is 41.5 cm³/mol. The van der Waals surface area contributed by atoms with Gasteiger partial charge in [-0.05, 0) is 6.92 Å². The van der Waals surface area contributed by atoms with Crippen LogP contribution < -0.4 is 0 Å². The van der Waals surface area contributed by atoms with E-state index in [1.54, 1.807) is 18.7 Å². The van der Waals surface area contributed by atoms with Crippen molar-refractivity contribution in [2.24, 2.45) is 0 Å². The zero-order valence-corrected chi connectivity index (χ0v) is 6.75. The number of carboxylic acids is 1. The van der Waals surface area contributed by atoms with E-state index in [0.29, 0.717) is 0 Å². The molecule has 0 spiro atoms. The van der Waals surface area contributed by atoms with Crippen LogP contribution in [0.15, 0.2) is 18.7 Å². The maximum atomic E-state index is 9.57. The number of halogens is 1. The molecule has 1 unspecified atom stereocenters. The summed E-state index contributed by atoms with van der Waals surface area (Å²) in [5.74, 6) is -0.975. The van der Waals surface area contributed by atoms with Gasteiger partial charge in [0.25, 0.3) is 0 Å². The molecule has 1 aromatic rings. The Morgan fingerprint density at radius 2 is 2.36 bits per heavy atom. The fraction of sp³-hybridized carbons (Fsp3) is 0.333. The summed E-state index contributed by atoms with van der Waals surface area (Å²) in [6.45, 7) is 1.41. The number of rotatable bonds is 1. The van der Waals surface area contributed by atoms with E-state index in [-0.39, 0.29) is 0 Å². The fourth-order valence-electron chi connectivity index (χ4n) is 0.215. The lowest BCUT2D eigenvalue weighted by Gasteiger charge is -1.86. The number of nitrogens with one attached hydrogen (secondary N) is 1. The first-order chi connectivity index (χ1) is 5.14. The number of aromatic nitrogens is 2. The number of alkyl halides is 1. The fourth-order valence-corrected chi connectivity index (χ4v) is 0.215. The van der Waals surface area contributed by atoms with Crippen molar-refractivity contribution in [1.29, 1.82) is 0 Å². The maximum absolute atomic E-state index is 9.57. The molecule has 0 aromatic carbocycles. The monoisotopic (exact) mass is 176 g/mol. The quantitative estimate of drug-likeness (QED) is 0.630. The number of hydrogen-bond acceptors (Lipinski definition) is 2. The van der Waals surface area contributed by atoms with Gasteiger partial charge in [-0.3, -0.25) is 4.79 Å². The molecular formula is C6H9ClN2O2. The van der Waals surface area contributed by atoms with E-state index in [2.05, 4.69) is 9.97 Å². The highest BCUT2D eigenvalue weighted by molar-refractivity contribution is 6.29. The Bertz CT molecular complexity index is 169. The van der Waals surface area contributed by atoms with E-state index < -0.39 is 11.3 Å². The number of H-pyrrole nitrogens is 1. The van der Waals surface area contributed by atoms with E-state index in [1.165, 1.54) is 6.92 Å². The van der Waals surface area contributed by atoms with Crippen LogP contribution in [0.5, 0.6) is 0 Å². The molecule has 62 valence electrons. The standard InChI is InChI=1S/C3H5ClO2.C3H4N2/c1-2(4)3(5)6;1-2-5-3-4-1/h2H,1H3,(H,5,6);1-3H,(H,4,5). The summed E-state index contributed by atoms with van der Waals surface area (Å²) in [6.07, 6.45) is 5.08. The van der Waals surface area contributed by atoms with Crippen LogP contribution in [0, 0.1) is 0 Å². The molecule has 11 heavy (non-hydrogen) atoms. The Kier molecular flexibility index (Phi) is 5.20. The van der Waals surface area contributed by atoms with Crippen LogP contribution in [0.1, 0.15) is 6.92 Å². The van der Waals surface area contributed by atoms with Gasteiger partial charge in [0.2, 0.25) is 0 Å². The van der Waals surface area contributed by atoms with Gasteiger partial charge in [0.1, 0.15) is 5.38 Å². The van der Waals surface area contributed by atoms with Crippen LogP contribution in [-0.4, -0.2) is 26.4 Å². The number of aromatic amines is 1. The van der Waals surface area contributed by atoms with Crippen molar-refractivity contribution in [3.05, 3.63) is 18.7 Å². The molecule has 0 aliphatic carbocycles. The van der Waals surface area contributed by atoms with E-state index >= 15 is 0 Å². The van der Waals surface area contributed by atoms with E-state index in [9.17, 15) is 4.79 Å². The Labute approximate surface area is 69.2 Å². The minimum atomic E-state index is -0.975. The van der Waals surface area contributed by atoms with Crippen LogP contribution in [0.4, 0.5) is 0 Å². The second-order valence-electron chi connectivity index (χ2n) is 1.71. The first-order valence-corrected chi connectivity index (χ1v) is 3.38. The van der Waals surface area contributed by atoms with E-state index in [1.807, 2.05) is 0 Å². The van der Waals surface area contributed by atoms with Crippen molar-refractivity contribution < 1.29 is 9.90 Å². The molecule has 1 heterocycles. The van der Waals surface area contributed by atoms with Crippen molar-refractivity contribution in [3.8, 4) is 0 Å². The van der Waals surface area contributed by atoms with E-state index in [4.69, 9.17) is 16.7 Å². The van der Waals surface area contributed by atoms with Gasteiger partial charge in [0, 0.05) is 12.4 Å². The van der Waals surface area contributed by atoms with Crippen molar-refractivity contribution in [3.63, 3.8) is 0 Å². The molecule has 0 saturated carbocycles. The third kappa shape index (κ3) is 6.86. The average molecular weight is 177 g/mol. The number of hydrogen-bond donors (Lipinski definition) is 2. The Morgan fingerprint density at radius 3 is 2.45 bits per heavy atom. The summed E-state index contributed by atoms with van der Waals surface area (Å²) in [5.41, 5.74) is 0. The summed E-state index contributed by atoms with van der Waals surface area (Å²) < 4.78 is 0.